The maximum Gasteiger partial charge on any atom is 0.152 e. The van der Waals surface area contributed by atoms with Crippen molar-refractivity contribution in [2.24, 2.45) is 0 Å². The summed E-state index contributed by atoms with van der Waals surface area (Å²) in [5.41, 5.74) is 5.88. The third kappa shape index (κ3) is 1.50. The smallest absolute Gasteiger partial charge is 0.152 e. The van der Waals surface area contributed by atoms with Crippen LogP contribution >= 0.6 is 0 Å². The molecule has 14 heavy (non-hydrogen) atoms. The number of rotatable bonds is 3. The van der Waals surface area contributed by atoms with Gasteiger partial charge in [0.05, 0.1) is 6.04 Å². The highest BCUT2D eigenvalue weighted by atomic mass is 16.7. The average molecular weight is 191 g/mol. The lowest BCUT2D eigenvalue weighted by Gasteiger charge is -2.10. The Morgan fingerprint density at radius 3 is 2.93 bits per heavy atom. The van der Waals surface area contributed by atoms with Crippen molar-refractivity contribution in [3.63, 3.8) is 0 Å². The summed E-state index contributed by atoms with van der Waals surface area (Å²) in [5, 5.41) is 0. The van der Waals surface area contributed by atoms with Crippen molar-refractivity contribution in [1.82, 2.24) is 5.48 Å². The topological polar surface area (TPSA) is 21.3 Å². The van der Waals surface area contributed by atoms with Crippen LogP contribution in [0.25, 0.3) is 0 Å². The van der Waals surface area contributed by atoms with Crippen LogP contribution in [-0.4, -0.2) is 0 Å². The molecule has 1 heterocycles. The second-order valence-electron chi connectivity index (χ2n) is 3.74. The molecule has 0 aliphatic carbocycles. The fourth-order valence-corrected chi connectivity index (χ4v) is 2.07. The molecule has 2 nitrogen and oxygen atoms in total. The van der Waals surface area contributed by atoms with Crippen molar-refractivity contribution >= 4 is 0 Å². The molecule has 1 aromatic rings. The fourth-order valence-electron chi connectivity index (χ4n) is 2.07. The standard InChI is InChI=1S/C12H17NO/c1-3-6-10-12-9(4-2)7-5-8-11(12)14-13-10/h5,7-8,10,13H,3-4,6H2,1-2H3. The van der Waals surface area contributed by atoms with Gasteiger partial charge in [0.15, 0.2) is 5.75 Å². The molecule has 0 spiro atoms. The predicted octanol–water partition coefficient (Wildman–Crippen LogP) is 2.99. The predicted molar refractivity (Wildman–Crippen MR) is 57.2 cm³/mol. The zero-order chi connectivity index (χ0) is 9.97. The van der Waals surface area contributed by atoms with Gasteiger partial charge in [-0.3, -0.25) is 0 Å². The number of aryl methyl sites for hydroxylation is 1. The normalized spacial score (nSPS) is 19.1. The van der Waals surface area contributed by atoms with Crippen molar-refractivity contribution in [1.29, 1.82) is 0 Å². The van der Waals surface area contributed by atoms with E-state index in [-0.39, 0.29) is 0 Å². The SMILES string of the molecule is CCCC1NOc2cccc(CC)c21. The van der Waals surface area contributed by atoms with E-state index in [9.17, 15) is 0 Å². The highest BCUT2D eigenvalue weighted by Crippen LogP contribution is 2.36. The van der Waals surface area contributed by atoms with Crippen LogP contribution in [0, 0.1) is 0 Å². The monoisotopic (exact) mass is 191 g/mol. The molecule has 2 heteroatoms. The molecule has 1 aliphatic rings. The van der Waals surface area contributed by atoms with Gasteiger partial charge in [0.1, 0.15) is 0 Å². The molecule has 1 unspecified atom stereocenters. The average Bonchev–Trinajstić information content (AvgIpc) is 2.62. The zero-order valence-corrected chi connectivity index (χ0v) is 8.84. The molecule has 0 fully saturated rings. The lowest BCUT2D eigenvalue weighted by Crippen LogP contribution is -2.16. The summed E-state index contributed by atoms with van der Waals surface area (Å²) in [6, 6.07) is 6.69. The molecular formula is C12H17NO. The van der Waals surface area contributed by atoms with E-state index in [0.29, 0.717) is 6.04 Å². The minimum Gasteiger partial charge on any atom is -0.408 e. The maximum absolute atomic E-state index is 5.46. The Balaban J connectivity index is 2.35. The molecule has 1 atom stereocenters. The molecule has 0 radical (unpaired) electrons. The fraction of sp³-hybridized carbons (Fsp3) is 0.500. The number of nitrogens with one attached hydrogen (secondary N) is 1. The van der Waals surface area contributed by atoms with Crippen LogP contribution in [0.4, 0.5) is 0 Å². The lowest BCUT2D eigenvalue weighted by molar-refractivity contribution is 0.188. The van der Waals surface area contributed by atoms with Gasteiger partial charge < -0.3 is 4.84 Å². The zero-order valence-electron chi connectivity index (χ0n) is 8.84. The van der Waals surface area contributed by atoms with E-state index in [4.69, 9.17) is 4.84 Å². The molecule has 0 amide bonds. The van der Waals surface area contributed by atoms with E-state index in [0.717, 1.165) is 18.6 Å². The van der Waals surface area contributed by atoms with Crippen LogP contribution < -0.4 is 10.3 Å². The summed E-state index contributed by atoms with van der Waals surface area (Å²) in [6.45, 7) is 4.39. The molecule has 1 aromatic carbocycles. The van der Waals surface area contributed by atoms with Crippen molar-refractivity contribution in [2.75, 3.05) is 0 Å². The molecule has 2 rings (SSSR count). The molecule has 0 saturated carbocycles. The molecule has 0 bridgehead atoms. The second-order valence-corrected chi connectivity index (χ2v) is 3.74. The highest BCUT2D eigenvalue weighted by Gasteiger charge is 2.25. The Kier molecular flexibility index (Phi) is 2.73. The van der Waals surface area contributed by atoms with Gasteiger partial charge in [-0.15, -0.1) is 5.48 Å². The summed E-state index contributed by atoms with van der Waals surface area (Å²) >= 11 is 0. The summed E-state index contributed by atoms with van der Waals surface area (Å²) in [7, 11) is 0. The number of hydrogen-bond acceptors (Lipinski definition) is 2. The number of hydroxylamine groups is 1. The molecule has 1 aliphatic heterocycles. The Morgan fingerprint density at radius 2 is 2.21 bits per heavy atom. The lowest BCUT2D eigenvalue weighted by atomic mass is 9.96. The molecule has 0 saturated heterocycles. The number of fused-ring (bicyclic) bond motifs is 1. The van der Waals surface area contributed by atoms with Crippen molar-refractivity contribution in [3.8, 4) is 5.75 Å². The van der Waals surface area contributed by atoms with Gasteiger partial charge in [-0.2, -0.15) is 0 Å². The van der Waals surface area contributed by atoms with E-state index in [1.165, 1.54) is 17.5 Å². The van der Waals surface area contributed by atoms with Crippen LogP contribution in [0.3, 0.4) is 0 Å². The van der Waals surface area contributed by atoms with Gasteiger partial charge in [-0.05, 0) is 24.5 Å². The van der Waals surface area contributed by atoms with Crippen LogP contribution in [0.1, 0.15) is 43.9 Å². The molecule has 76 valence electrons. The van der Waals surface area contributed by atoms with Gasteiger partial charge in [0, 0.05) is 5.56 Å². The van der Waals surface area contributed by atoms with Crippen molar-refractivity contribution in [3.05, 3.63) is 29.3 Å². The van der Waals surface area contributed by atoms with Crippen LogP contribution in [0.2, 0.25) is 0 Å². The maximum atomic E-state index is 5.46. The van der Waals surface area contributed by atoms with Crippen molar-refractivity contribution < 1.29 is 4.84 Å². The summed E-state index contributed by atoms with van der Waals surface area (Å²) in [6.07, 6.45) is 3.40. The third-order valence-corrected chi connectivity index (χ3v) is 2.77. The Bertz CT molecular complexity index is 320. The van der Waals surface area contributed by atoms with E-state index in [1.807, 2.05) is 6.07 Å². The van der Waals surface area contributed by atoms with Crippen molar-refractivity contribution in [2.45, 2.75) is 39.2 Å². The molecule has 0 aromatic heterocycles. The van der Waals surface area contributed by atoms with E-state index in [2.05, 4.69) is 31.5 Å². The number of benzene rings is 1. The third-order valence-electron chi connectivity index (χ3n) is 2.77. The minimum atomic E-state index is 0.395. The van der Waals surface area contributed by atoms with Crippen LogP contribution in [0.15, 0.2) is 18.2 Å². The minimum absolute atomic E-state index is 0.395. The first-order valence-electron chi connectivity index (χ1n) is 5.41. The summed E-state index contributed by atoms with van der Waals surface area (Å²) < 4.78 is 0. The number of hydrogen-bond donors (Lipinski definition) is 1. The van der Waals surface area contributed by atoms with Gasteiger partial charge >= 0.3 is 0 Å². The Morgan fingerprint density at radius 1 is 1.36 bits per heavy atom. The van der Waals surface area contributed by atoms with Gasteiger partial charge in [-0.1, -0.05) is 32.4 Å². The van der Waals surface area contributed by atoms with Gasteiger partial charge in [0.2, 0.25) is 0 Å². The summed E-state index contributed by atoms with van der Waals surface area (Å²) in [5.74, 6) is 1.02. The second kappa shape index (κ2) is 4.01. The van der Waals surface area contributed by atoms with E-state index < -0.39 is 0 Å². The first kappa shape index (κ1) is 9.53. The highest BCUT2D eigenvalue weighted by molar-refractivity contribution is 5.44. The van der Waals surface area contributed by atoms with Gasteiger partial charge in [-0.25, -0.2) is 0 Å². The quantitative estimate of drug-likeness (QED) is 0.793. The van der Waals surface area contributed by atoms with Gasteiger partial charge in [0.25, 0.3) is 0 Å². The van der Waals surface area contributed by atoms with E-state index in [1.54, 1.807) is 0 Å². The van der Waals surface area contributed by atoms with E-state index >= 15 is 0 Å². The van der Waals surface area contributed by atoms with Crippen LogP contribution in [-0.2, 0) is 6.42 Å². The molecule has 1 N–H and O–H groups in total. The summed E-state index contributed by atoms with van der Waals surface area (Å²) in [4.78, 5) is 5.46. The Labute approximate surface area is 85.2 Å². The Hall–Kier alpha value is -1.02. The largest absolute Gasteiger partial charge is 0.408 e. The molecular weight excluding hydrogens is 174 g/mol. The first-order valence-corrected chi connectivity index (χ1v) is 5.41. The first-order chi connectivity index (χ1) is 6.86. The van der Waals surface area contributed by atoms with Crippen LogP contribution in [0.5, 0.6) is 5.75 Å².